The van der Waals surface area contributed by atoms with Crippen LogP contribution in [0.4, 0.5) is 0 Å². The van der Waals surface area contributed by atoms with Crippen molar-refractivity contribution in [2.24, 2.45) is 0 Å². The van der Waals surface area contributed by atoms with Gasteiger partial charge in [-0.15, -0.1) is 10.5 Å². The fraction of sp³-hybridized carbons (Fsp3) is 0.222. The third-order valence-corrected chi connectivity index (χ3v) is 3.71. The zero-order valence-corrected chi connectivity index (χ0v) is 12.8. The molecule has 2 aromatic rings. The average molecular weight is 292 g/mol. The van der Waals surface area contributed by atoms with E-state index in [9.17, 15) is 0 Å². The highest BCUT2D eigenvalue weighted by atomic mass is 16.5. The first-order chi connectivity index (χ1) is 10.6. The van der Waals surface area contributed by atoms with Crippen molar-refractivity contribution >= 4 is 0 Å². The molecule has 0 saturated heterocycles. The normalized spacial score (nSPS) is 9.91. The van der Waals surface area contributed by atoms with Crippen LogP contribution in [-0.4, -0.2) is 0 Å². The number of hydrogen-bond acceptors (Lipinski definition) is 4. The monoisotopic (exact) mass is 292 g/mol. The summed E-state index contributed by atoms with van der Waals surface area (Å²) in [6, 6.07) is 11.6. The van der Waals surface area contributed by atoms with Gasteiger partial charge < -0.3 is 9.47 Å². The molecule has 4 nitrogen and oxygen atoms in total. The highest BCUT2D eigenvalue weighted by Crippen LogP contribution is 2.30. The van der Waals surface area contributed by atoms with Crippen LogP contribution in [0.3, 0.4) is 0 Å². The van der Waals surface area contributed by atoms with Crippen LogP contribution in [0.25, 0.3) is 0 Å². The summed E-state index contributed by atoms with van der Waals surface area (Å²) in [6.07, 6.45) is 3.38. The standard InChI is InChI=1S/C18H16N2O2/c1-12-8-15(4-6-17(12)21-10-19)14(3)16-5-7-18(22-11-20)13(2)9-16/h4-9,14H,1-3H3. The second kappa shape index (κ2) is 6.65. The molecule has 0 spiro atoms. The topological polar surface area (TPSA) is 66.0 Å². The average Bonchev–Trinajstić information content (AvgIpc) is 2.51. The van der Waals surface area contributed by atoms with Gasteiger partial charge in [-0.1, -0.05) is 31.2 Å². The van der Waals surface area contributed by atoms with E-state index in [-0.39, 0.29) is 5.92 Å². The number of nitrogens with zero attached hydrogens (tertiary/aromatic N) is 2. The lowest BCUT2D eigenvalue weighted by Crippen LogP contribution is -1.99. The lowest BCUT2D eigenvalue weighted by molar-refractivity contribution is 0.502. The molecule has 0 bridgehead atoms. The summed E-state index contributed by atoms with van der Waals surface area (Å²) in [6.45, 7) is 5.94. The van der Waals surface area contributed by atoms with Crippen LogP contribution in [0.5, 0.6) is 11.5 Å². The molecule has 2 aromatic carbocycles. The van der Waals surface area contributed by atoms with E-state index in [1.54, 1.807) is 12.5 Å². The lowest BCUT2D eigenvalue weighted by atomic mass is 9.91. The number of rotatable bonds is 4. The van der Waals surface area contributed by atoms with Crippen LogP contribution < -0.4 is 9.47 Å². The van der Waals surface area contributed by atoms with Crippen molar-refractivity contribution in [3.63, 3.8) is 0 Å². The number of nitriles is 2. The molecule has 0 N–H and O–H groups in total. The number of aryl methyl sites for hydroxylation is 2. The Hall–Kier alpha value is -2.98. The largest absolute Gasteiger partial charge is 0.388 e. The first kappa shape index (κ1) is 15.4. The molecule has 0 unspecified atom stereocenters. The summed E-state index contributed by atoms with van der Waals surface area (Å²) in [5.74, 6) is 1.34. The molecule has 2 rings (SSSR count). The van der Waals surface area contributed by atoms with Gasteiger partial charge in [0.2, 0.25) is 0 Å². The molecule has 0 radical (unpaired) electrons. The molecule has 0 saturated carbocycles. The summed E-state index contributed by atoms with van der Waals surface area (Å²) in [5.41, 5.74) is 4.12. The number of hydrogen-bond donors (Lipinski definition) is 0. The maximum atomic E-state index is 8.59. The third kappa shape index (κ3) is 3.19. The fourth-order valence-electron chi connectivity index (χ4n) is 2.40. The molecule has 0 aliphatic heterocycles. The Morgan fingerprint density at radius 2 is 1.23 bits per heavy atom. The Bertz CT molecular complexity index is 704. The van der Waals surface area contributed by atoms with Gasteiger partial charge in [0.1, 0.15) is 11.5 Å². The van der Waals surface area contributed by atoms with Crippen molar-refractivity contribution in [3.05, 3.63) is 58.7 Å². The zero-order valence-electron chi connectivity index (χ0n) is 12.8. The predicted octanol–water partition coefficient (Wildman–Crippen LogP) is 4.18. The molecule has 0 fully saturated rings. The van der Waals surface area contributed by atoms with Gasteiger partial charge in [-0.3, -0.25) is 0 Å². The van der Waals surface area contributed by atoms with Crippen LogP contribution in [-0.2, 0) is 0 Å². The van der Waals surface area contributed by atoms with Gasteiger partial charge in [0.25, 0.3) is 12.5 Å². The van der Waals surface area contributed by atoms with Gasteiger partial charge in [0, 0.05) is 5.92 Å². The Morgan fingerprint density at radius 3 is 1.55 bits per heavy atom. The molecule has 0 aliphatic carbocycles. The van der Waals surface area contributed by atoms with Crippen LogP contribution >= 0.6 is 0 Å². The van der Waals surface area contributed by atoms with E-state index in [4.69, 9.17) is 20.0 Å². The Kier molecular flexibility index (Phi) is 4.66. The quantitative estimate of drug-likeness (QED) is 0.793. The second-order valence-corrected chi connectivity index (χ2v) is 5.16. The van der Waals surface area contributed by atoms with E-state index < -0.39 is 0 Å². The molecule has 0 aromatic heterocycles. The van der Waals surface area contributed by atoms with Crippen molar-refractivity contribution in [3.8, 4) is 24.0 Å². The van der Waals surface area contributed by atoms with E-state index in [1.807, 2.05) is 50.2 Å². The van der Waals surface area contributed by atoms with E-state index in [0.29, 0.717) is 11.5 Å². The van der Waals surface area contributed by atoms with Gasteiger partial charge in [-0.05, 0) is 48.2 Å². The van der Waals surface area contributed by atoms with Crippen molar-refractivity contribution in [2.75, 3.05) is 0 Å². The van der Waals surface area contributed by atoms with Crippen molar-refractivity contribution in [1.82, 2.24) is 0 Å². The summed E-state index contributed by atoms with van der Waals surface area (Å²) < 4.78 is 9.79. The molecule has 0 amide bonds. The summed E-state index contributed by atoms with van der Waals surface area (Å²) in [7, 11) is 0. The minimum absolute atomic E-state index is 0.185. The first-order valence-electron chi connectivity index (χ1n) is 6.89. The number of benzene rings is 2. The van der Waals surface area contributed by atoms with Gasteiger partial charge in [-0.2, -0.15) is 0 Å². The maximum absolute atomic E-state index is 8.59. The van der Waals surface area contributed by atoms with Crippen LogP contribution in [0, 0.1) is 36.9 Å². The molecule has 4 heteroatoms. The summed E-state index contributed by atoms with van der Waals surface area (Å²) >= 11 is 0. The Morgan fingerprint density at radius 1 is 0.818 bits per heavy atom. The predicted molar refractivity (Wildman–Crippen MR) is 82.4 cm³/mol. The summed E-state index contributed by atoms with van der Waals surface area (Å²) in [4.78, 5) is 0. The van der Waals surface area contributed by atoms with E-state index >= 15 is 0 Å². The van der Waals surface area contributed by atoms with Gasteiger partial charge in [0.15, 0.2) is 0 Å². The highest BCUT2D eigenvalue weighted by Gasteiger charge is 2.12. The maximum Gasteiger partial charge on any atom is 0.292 e. The van der Waals surface area contributed by atoms with Gasteiger partial charge >= 0.3 is 0 Å². The van der Waals surface area contributed by atoms with Crippen LogP contribution in [0.1, 0.15) is 35.1 Å². The van der Waals surface area contributed by atoms with Crippen LogP contribution in [0.2, 0.25) is 0 Å². The lowest BCUT2D eigenvalue weighted by Gasteiger charge is -2.15. The molecule has 0 atom stereocenters. The molecule has 22 heavy (non-hydrogen) atoms. The third-order valence-electron chi connectivity index (χ3n) is 3.71. The van der Waals surface area contributed by atoms with Crippen molar-refractivity contribution < 1.29 is 9.47 Å². The Labute approximate surface area is 130 Å². The molecule has 0 aliphatic rings. The van der Waals surface area contributed by atoms with Gasteiger partial charge in [0.05, 0.1) is 0 Å². The smallest absolute Gasteiger partial charge is 0.292 e. The second-order valence-electron chi connectivity index (χ2n) is 5.16. The van der Waals surface area contributed by atoms with Crippen molar-refractivity contribution in [1.29, 1.82) is 10.5 Å². The van der Waals surface area contributed by atoms with Crippen molar-refractivity contribution in [2.45, 2.75) is 26.7 Å². The highest BCUT2D eigenvalue weighted by molar-refractivity contribution is 5.44. The minimum Gasteiger partial charge on any atom is -0.388 e. The zero-order chi connectivity index (χ0) is 16.1. The first-order valence-corrected chi connectivity index (χ1v) is 6.89. The number of ether oxygens (including phenoxy) is 2. The van der Waals surface area contributed by atoms with E-state index in [0.717, 1.165) is 22.3 Å². The minimum atomic E-state index is 0.185. The molecule has 0 heterocycles. The molecular weight excluding hydrogens is 276 g/mol. The molecule has 110 valence electrons. The van der Waals surface area contributed by atoms with Crippen LogP contribution in [0.15, 0.2) is 36.4 Å². The van der Waals surface area contributed by atoms with E-state index in [1.165, 1.54) is 0 Å². The summed E-state index contributed by atoms with van der Waals surface area (Å²) in [5, 5.41) is 17.2. The Balaban J connectivity index is 2.30. The molecular formula is C18H16N2O2. The SMILES string of the molecule is Cc1cc(C(C)c2ccc(OC#N)c(C)c2)ccc1OC#N. The fourth-order valence-corrected chi connectivity index (χ4v) is 2.40. The van der Waals surface area contributed by atoms with Gasteiger partial charge in [-0.25, -0.2) is 0 Å². The van der Waals surface area contributed by atoms with E-state index in [2.05, 4.69) is 6.92 Å².